The molecule has 0 radical (unpaired) electrons. The largest absolute Gasteiger partial charge is 0.451 e. The van der Waals surface area contributed by atoms with Gasteiger partial charge in [0.15, 0.2) is 6.79 Å². The lowest BCUT2D eigenvalue weighted by Crippen LogP contribution is -2.43. The zero-order chi connectivity index (χ0) is 19.3. The van der Waals surface area contributed by atoms with Gasteiger partial charge in [0.1, 0.15) is 5.75 Å². The molecule has 8 nitrogen and oxygen atoms in total. The van der Waals surface area contributed by atoms with Crippen LogP contribution in [0.5, 0.6) is 0 Å². The van der Waals surface area contributed by atoms with Gasteiger partial charge in [-0.15, -0.1) is 0 Å². The molecule has 0 heterocycles. The molecule has 3 unspecified atom stereocenters. The minimum atomic E-state index is -5.19. The van der Waals surface area contributed by atoms with Crippen molar-refractivity contribution in [2.24, 2.45) is 11.8 Å². The molecular weight excluding hydrogens is 373 g/mol. The monoisotopic (exact) mass is 392 g/mol. The summed E-state index contributed by atoms with van der Waals surface area (Å²) in [4.78, 5) is 24.0. The quantitative estimate of drug-likeness (QED) is 0.392. The molecule has 1 aliphatic carbocycles. The number of carbonyl (C=O) groups excluding carboxylic acids is 2. The maximum Gasteiger partial charge on any atom is 0.426 e. The van der Waals surface area contributed by atoms with Gasteiger partial charge in [-0.1, -0.05) is 12.8 Å². The molecule has 0 spiro atoms. The molecule has 1 N–H and O–H groups in total. The second-order valence-electron chi connectivity index (χ2n) is 5.58. The van der Waals surface area contributed by atoms with Crippen LogP contribution in [0.2, 0.25) is 0 Å². The molecule has 1 saturated carbocycles. The summed E-state index contributed by atoms with van der Waals surface area (Å²) in [5, 5.41) is 0. The number of hydrogen-bond acceptors (Lipinski definition) is 7. The van der Waals surface area contributed by atoms with Crippen molar-refractivity contribution in [3.8, 4) is 0 Å². The minimum Gasteiger partial charge on any atom is -0.451 e. The third-order valence-corrected chi connectivity index (χ3v) is 4.40. The van der Waals surface area contributed by atoms with Crippen molar-refractivity contribution in [1.82, 2.24) is 0 Å². The first kappa shape index (κ1) is 21.6. The summed E-state index contributed by atoms with van der Waals surface area (Å²) in [5.41, 5.74) is 0. The summed E-state index contributed by atoms with van der Waals surface area (Å²) in [6, 6.07) is 0. The highest BCUT2D eigenvalue weighted by molar-refractivity contribution is 7.85. The molecule has 0 aliphatic heterocycles. The summed E-state index contributed by atoms with van der Waals surface area (Å²) in [6.07, 6.45) is -6.83. The number of methoxy groups -OCH3 is 1. The number of carbonyl (C=O) groups is 2. The average molecular weight is 392 g/mol. The lowest BCUT2D eigenvalue weighted by Gasteiger charge is -2.30. The Kier molecular flexibility index (Phi) is 7.62. The maximum absolute atomic E-state index is 12.8. The van der Waals surface area contributed by atoms with Gasteiger partial charge in [0.25, 0.3) is 10.1 Å². The van der Waals surface area contributed by atoms with Crippen LogP contribution in [-0.4, -0.2) is 56.8 Å². The second kappa shape index (κ2) is 8.81. The van der Waals surface area contributed by atoms with E-state index in [0.717, 1.165) is 0 Å². The van der Waals surface area contributed by atoms with Crippen molar-refractivity contribution in [1.29, 1.82) is 0 Å². The second-order valence-corrected chi connectivity index (χ2v) is 7.08. The van der Waals surface area contributed by atoms with Gasteiger partial charge in [-0.3, -0.25) is 14.1 Å². The fourth-order valence-corrected chi connectivity index (χ4v) is 3.17. The molecule has 0 bridgehead atoms. The van der Waals surface area contributed by atoms with Crippen LogP contribution in [0.3, 0.4) is 0 Å². The number of esters is 2. The minimum absolute atomic E-state index is 0.0992. The Labute approximate surface area is 142 Å². The molecule has 3 atom stereocenters. The summed E-state index contributed by atoms with van der Waals surface area (Å²) in [5.74, 6) is -6.17. The first-order chi connectivity index (χ1) is 11.5. The Morgan fingerprint density at radius 3 is 2.12 bits per heavy atom. The van der Waals surface area contributed by atoms with Crippen LogP contribution < -0.4 is 0 Å². The van der Waals surface area contributed by atoms with E-state index < -0.39 is 51.9 Å². The Morgan fingerprint density at radius 2 is 1.68 bits per heavy atom. The van der Waals surface area contributed by atoms with E-state index in [0.29, 0.717) is 12.8 Å². The predicted octanol–water partition coefficient (Wildman–Crippen LogP) is 1.30. The molecule has 0 amide bonds. The van der Waals surface area contributed by atoms with E-state index in [-0.39, 0.29) is 19.6 Å². The smallest absolute Gasteiger partial charge is 0.426 e. The van der Waals surface area contributed by atoms with Gasteiger partial charge in [0, 0.05) is 7.11 Å². The van der Waals surface area contributed by atoms with E-state index in [2.05, 4.69) is 9.47 Å². The van der Waals surface area contributed by atoms with Crippen molar-refractivity contribution >= 4 is 22.1 Å². The number of alkyl halides is 3. The van der Waals surface area contributed by atoms with Gasteiger partial charge in [0.2, 0.25) is 6.10 Å². The SMILES string of the molecule is COCOC(=O)C1CCCCC1C(=O)OC(CS(=O)(=O)O)C(F)(F)F. The average Bonchev–Trinajstić information content (AvgIpc) is 2.49. The highest BCUT2D eigenvalue weighted by Crippen LogP contribution is 2.34. The highest BCUT2D eigenvalue weighted by atomic mass is 32.2. The lowest BCUT2D eigenvalue weighted by molar-refractivity contribution is -0.219. The van der Waals surface area contributed by atoms with Crippen LogP contribution in [-0.2, 0) is 33.9 Å². The van der Waals surface area contributed by atoms with Crippen LogP contribution in [0.4, 0.5) is 13.2 Å². The standard InChI is InChI=1S/C13H19F3O8S/c1-22-7-23-11(17)8-4-2-3-5-9(8)12(18)24-10(13(14,15)16)6-25(19,20)21/h8-10H,2-7H2,1H3,(H,19,20,21). The zero-order valence-electron chi connectivity index (χ0n) is 13.3. The lowest BCUT2D eigenvalue weighted by atomic mass is 9.79. The van der Waals surface area contributed by atoms with E-state index in [1.54, 1.807) is 0 Å². The van der Waals surface area contributed by atoms with Crippen molar-refractivity contribution in [2.75, 3.05) is 19.7 Å². The summed E-state index contributed by atoms with van der Waals surface area (Å²) < 4.78 is 82.1. The third kappa shape index (κ3) is 7.16. The van der Waals surface area contributed by atoms with Gasteiger partial charge in [-0.2, -0.15) is 21.6 Å². The van der Waals surface area contributed by atoms with Crippen LogP contribution in [0.15, 0.2) is 0 Å². The maximum atomic E-state index is 12.8. The fourth-order valence-electron chi connectivity index (χ4n) is 2.53. The van der Waals surface area contributed by atoms with Crippen molar-refractivity contribution in [2.45, 2.75) is 38.0 Å². The number of ether oxygens (including phenoxy) is 3. The third-order valence-electron chi connectivity index (χ3n) is 3.68. The molecule has 0 aromatic carbocycles. The number of hydrogen-bond donors (Lipinski definition) is 1. The van der Waals surface area contributed by atoms with Gasteiger partial charge < -0.3 is 14.2 Å². The van der Waals surface area contributed by atoms with Gasteiger partial charge >= 0.3 is 18.1 Å². The van der Waals surface area contributed by atoms with Crippen LogP contribution in [0.25, 0.3) is 0 Å². The number of halogens is 3. The van der Waals surface area contributed by atoms with E-state index in [1.165, 1.54) is 7.11 Å². The Hall–Kier alpha value is -1.40. The van der Waals surface area contributed by atoms with Gasteiger partial charge in [-0.05, 0) is 12.8 Å². The first-order valence-electron chi connectivity index (χ1n) is 7.33. The van der Waals surface area contributed by atoms with Gasteiger partial charge in [-0.25, -0.2) is 0 Å². The molecule has 0 aromatic heterocycles. The van der Waals surface area contributed by atoms with E-state index in [9.17, 15) is 31.2 Å². The van der Waals surface area contributed by atoms with E-state index >= 15 is 0 Å². The zero-order valence-corrected chi connectivity index (χ0v) is 14.1. The molecule has 146 valence electrons. The van der Waals surface area contributed by atoms with Crippen molar-refractivity contribution in [3.05, 3.63) is 0 Å². The molecule has 1 fully saturated rings. The molecular formula is C13H19F3O8S. The predicted molar refractivity (Wildman–Crippen MR) is 75.8 cm³/mol. The van der Waals surface area contributed by atoms with Crippen LogP contribution >= 0.6 is 0 Å². The normalized spacial score (nSPS) is 22.9. The fraction of sp³-hybridized carbons (Fsp3) is 0.846. The highest BCUT2D eigenvalue weighted by Gasteiger charge is 2.47. The molecule has 1 rings (SSSR count). The van der Waals surface area contributed by atoms with Crippen LogP contribution in [0, 0.1) is 11.8 Å². The Bertz CT molecular complexity index is 574. The molecule has 12 heteroatoms. The molecule has 0 aromatic rings. The summed E-state index contributed by atoms with van der Waals surface area (Å²) in [7, 11) is -3.76. The van der Waals surface area contributed by atoms with Crippen LogP contribution in [0.1, 0.15) is 25.7 Å². The Balaban J connectivity index is 2.87. The molecule has 25 heavy (non-hydrogen) atoms. The number of rotatable bonds is 7. The van der Waals surface area contributed by atoms with Crippen molar-refractivity contribution in [3.63, 3.8) is 0 Å². The van der Waals surface area contributed by atoms with Crippen molar-refractivity contribution < 1.29 is 49.9 Å². The van der Waals surface area contributed by atoms with Gasteiger partial charge in [0.05, 0.1) is 11.8 Å². The summed E-state index contributed by atoms with van der Waals surface area (Å²) >= 11 is 0. The Morgan fingerprint density at radius 1 is 1.16 bits per heavy atom. The topological polar surface area (TPSA) is 116 Å². The molecule has 1 aliphatic rings. The van der Waals surface area contributed by atoms with E-state index in [1.807, 2.05) is 0 Å². The first-order valence-corrected chi connectivity index (χ1v) is 8.94. The molecule has 0 saturated heterocycles. The van der Waals surface area contributed by atoms with E-state index in [4.69, 9.17) is 9.29 Å². The summed E-state index contributed by atoms with van der Waals surface area (Å²) in [6.45, 7) is -0.370.